The average Bonchev–Trinajstić information content (AvgIpc) is 2.77. The molecule has 0 spiro atoms. The van der Waals surface area contributed by atoms with Crippen LogP contribution in [0.5, 0.6) is 0 Å². The first-order valence-electron chi connectivity index (χ1n) is 11.9. The standard InChI is InChI=1S/C23H45IO7/c1-2-3-4-7-10-23(25)31-22-21-30-20-19-29-18-17-28-16-15-27-14-13-26-12-9-6-5-8-11-24/h2-22H2,1H3. The third-order valence-electron chi connectivity index (χ3n) is 4.39. The highest BCUT2D eigenvalue weighted by Gasteiger charge is 2.02. The van der Waals surface area contributed by atoms with Crippen LogP contribution < -0.4 is 0 Å². The van der Waals surface area contributed by atoms with Crippen LogP contribution in [0.15, 0.2) is 0 Å². The lowest BCUT2D eigenvalue weighted by Crippen LogP contribution is -2.15. The summed E-state index contributed by atoms with van der Waals surface area (Å²) < 4.78 is 33.6. The largest absolute Gasteiger partial charge is 0.463 e. The number of halogens is 1. The number of hydrogen-bond acceptors (Lipinski definition) is 7. The third kappa shape index (κ3) is 28.0. The molecule has 0 aromatic carbocycles. The summed E-state index contributed by atoms with van der Waals surface area (Å²) in [7, 11) is 0. The van der Waals surface area contributed by atoms with Gasteiger partial charge >= 0.3 is 5.97 Å². The van der Waals surface area contributed by atoms with Crippen LogP contribution >= 0.6 is 22.6 Å². The van der Waals surface area contributed by atoms with Crippen LogP contribution in [0, 0.1) is 0 Å². The summed E-state index contributed by atoms with van der Waals surface area (Å²) in [6.07, 6.45) is 9.82. The monoisotopic (exact) mass is 560 g/mol. The molecule has 0 saturated carbocycles. The second-order valence-electron chi connectivity index (χ2n) is 7.20. The zero-order valence-electron chi connectivity index (χ0n) is 19.6. The highest BCUT2D eigenvalue weighted by molar-refractivity contribution is 14.1. The Labute approximate surface area is 203 Å². The van der Waals surface area contributed by atoms with E-state index in [1.807, 2.05) is 0 Å². The zero-order chi connectivity index (χ0) is 22.7. The zero-order valence-corrected chi connectivity index (χ0v) is 21.7. The van der Waals surface area contributed by atoms with Crippen molar-refractivity contribution in [2.24, 2.45) is 0 Å². The van der Waals surface area contributed by atoms with Crippen LogP contribution in [0.1, 0.15) is 64.7 Å². The molecule has 8 heteroatoms. The van der Waals surface area contributed by atoms with Gasteiger partial charge in [0.15, 0.2) is 0 Å². The summed E-state index contributed by atoms with van der Waals surface area (Å²) in [5.41, 5.74) is 0. The predicted molar refractivity (Wildman–Crippen MR) is 131 cm³/mol. The summed E-state index contributed by atoms with van der Waals surface area (Å²) in [5.74, 6) is -0.137. The van der Waals surface area contributed by atoms with Crippen molar-refractivity contribution in [2.75, 3.05) is 77.1 Å². The Morgan fingerprint density at radius 3 is 1.52 bits per heavy atom. The molecule has 0 atom stereocenters. The molecule has 0 bridgehead atoms. The smallest absolute Gasteiger partial charge is 0.305 e. The number of esters is 1. The van der Waals surface area contributed by atoms with E-state index >= 15 is 0 Å². The first-order chi connectivity index (χ1) is 15.3. The maximum atomic E-state index is 11.5. The third-order valence-corrected chi connectivity index (χ3v) is 5.15. The molecule has 0 fully saturated rings. The summed E-state index contributed by atoms with van der Waals surface area (Å²) in [6.45, 7) is 8.11. The van der Waals surface area contributed by atoms with Gasteiger partial charge in [-0.05, 0) is 23.7 Å². The first-order valence-corrected chi connectivity index (χ1v) is 13.4. The van der Waals surface area contributed by atoms with Crippen LogP contribution in [0.25, 0.3) is 0 Å². The van der Waals surface area contributed by atoms with Crippen molar-refractivity contribution in [2.45, 2.75) is 64.7 Å². The molecule has 0 aliphatic rings. The van der Waals surface area contributed by atoms with Crippen LogP contribution in [0.2, 0.25) is 0 Å². The fraction of sp³-hybridized carbons (Fsp3) is 0.957. The quantitative estimate of drug-likeness (QED) is 0.0664. The van der Waals surface area contributed by atoms with Gasteiger partial charge in [-0.15, -0.1) is 0 Å². The molecule has 0 aliphatic heterocycles. The number of ether oxygens (including phenoxy) is 6. The van der Waals surface area contributed by atoms with E-state index < -0.39 is 0 Å². The molecule has 0 radical (unpaired) electrons. The average molecular weight is 561 g/mol. The van der Waals surface area contributed by atoms with Crippen molar-refractivity contribution < 1.29 is 33.2 Å². The minimum absolute atomic E-state index is 0.137. The minimum Gasteiger partial charge on any atom is -0.463 e. The minimum atomic E-state index is -0.137. The highest BCUT2D eigenvalue weighted by Crippen LogP contribution is 2.03. The molecule has 186 valence electrons. The van der Waals surface area contributed by atoms with Crippen molar-refractivity contribution in [3.63, 3.8) is 0 Å². The van der Waals surface area contributed by atoms with Crippen LogP contribution in [0.3, 0.4) is 0 Å². The van der Waals surface area contributed by atoms with E-state index in [0.29, 0.717) is 72.5 Å². The second kappa shape index (κ2) is 28.0. The Morgan fingerprint density at radius 2 is 1.00 bits per heavy atom. The molecule has 0 unspecified atom stereocenters. The molecule has 0 N–H and O–H groups in total. The Hall–Kier alpha value is -0.000000000000000222. The fourth-order valence-electron chi connectivity index (χ4n) is 2.62. The van der Waals surface area contributed by atoms with Gasteiger partial charge in [0, 0.05) is 13.0 Å². The van der Waals surface area contributed by atoms with Gasteiger partial charge in [-0.3, -0.25) is 4.79 Å². The highest BCUT2D eigenvalue weighted by atomic mass is 127. The van der Waals surface area contributed by atoms with Gasteiger partial charge in [-0.1, -0.05) is 61.6 Å². The van der Waals surface area contributed by atoms with E-state index in [1.54, 1.807) is 0 Å². The van der Waals surface area contributed by atoms with Gasteiger partial charge in [0.05, 0.1) is 59.5 Å². The second-order valence-corrected chi connectivity index (χ2v) is 8.27. The number of alkyl halides is 1. The van der Waals surface area contributed by atoms with E-state index in [2.05, 4.69) is 29.5 Å². The van der Waals surface area contributed by atoms with Crippen molar-refractivity contribution >= 4 is 28.6 Å². The van der Waals surface area contributed by atoms with Crippen molar-refractivity contribution in [1.29, 1.82) is 0 Å². The molecule has 0 rings (SSSR count). The normalized spacial score (nSPS) is 11.2. The van der Waals surface area contributed by atoms with Crippen molar-refractivity contribution in [1.82, 2.24) is 0 Å². The molecule has 7 nitrogen and oxygen atoms in total. The number of hydrogen-bond donors (Lipinski definition) is 0. The summed E-state index contributed by atoms with van der Waals surface area (Å²) in [5, 5.41) is 0. The number of carbonyl (C=O) groups excluding carboxylic acids is 1. The predicted octanol–water partition coefficient (Wildman–Crippen LogP) is 4.58. The van der Waals surface area contributed by atoms with Gasteiger partial charge in [-0.2, -0.15) is 0 Å². The Kier molecular flexibility index (Phi) is 28.0. The maximum Gasteiger partial charge on any atom is 0.305 e. The summed E-state index contributed by atoms with van der Waals surface area (Å²) in [6, 6.07) is 0. The van der Waals surface area contributed by atoms with Gasteiger partial charge in [0.25, 0.3) is 0 Å². The van der Waals surface area contributed by atoms with Gasteiger partial charge < -0.3 is 28.4 Å². The Balaban J connectivity index is 3.07. The number of unbranched alkanes of at least 4 members (excludes halogenated alkanes) is 6. The molecule has 0 amide bonds. The molecule has 0 saturated heterocycles. The van der Waals surface area contributed by atoms with Crippen LogP contribution in [0.4, 0.5) is 0 Å². The lowest BCUT2D eigenvalue weighted by molar-refractivity contribution is -0.145. The van der Waals surface area contributed by atoms with E-state index in [-0.39, 0.29) is 5.97 Å². The van der Waals surface area contributed by atoms with E-state index in [1.165, 1.54) is 36.5 Å². The first kappa shape index (κ1) is 31.0. The lowest BCUT2D eigenvalue weighted by atomic mass is 10.2. The maximum absolute atomic E-state index is 11.5. The number of carbonyl (C=O) groups is 1. The van der Waals surface area contributed by atoms with Crippen LogP contribution in [-0.4, -0.2) is 83.1 Å². The Morgan fingerprint density at radius 1 is 0.548 bits per heavy atom. The van der Waals surface area contributed by atoms with Crippen LogP contribution in [-0.2, 0) is 33.2 Å². The van der Waals surface area contributed by atoms with E-state index in [4.69, 9.17) is 28.4 Å². The molecule has 31 heavy (non-hydrogen) atoms. The number of rotatable bonds is 26. The molecular formula is C23H45IO7. The molecule has 0 aromatic rings. The van der Waals surface area contributed by atoms with E-state index in [0.717, 1.165) is 25.9 Å². The van der Waals surface area contributed by atoms with Gasteiger partial charge in [0.1, 0.15) is 6.61 Å². The molecule has 0 heterocycles. The van der Waals surface area contributed by atoms with E-state index in [9.17, 15) is 4.79 Å². The van der Waals surface area contributed by atoms with Crippen molar-refractivity contribution in [3.05, 3.63) is 0 Å². The molecule has 0 aliphatic carbocycles. The van der Waals surface area contributed by atoms with Gasteiger partial charge in [0.2, 0.25) is 0 Å². The fourth-order valence-corrected chi connectivity index (χ4v) is 3.16. The SMILES string of the molecule is CCCCCCC(=O)OCCOCCOCCOCCOCCOCCCCCCI. The van der Waals surface area contributed by atoms with Gasteiger partial charge in [-0.25, -0.2) is 0 Å². The molecule has 0 aromatic heterocycles. The van der Waals surface area contributed by atoms with Crippen molar-refractivity contribution in [3.8, 4) is 0 Å². The summed E-state index contributed by atoms with van der Waals surface area (Å²) in [4.78, 5) is 11.5. The molecular weight excluding hydrogens is 515 g/mol. The topological polar surface area (TPSA) is 72.5 Å². The Bertz CT molecular complexity index is 359. The summed E-state index contributed by atoms with van der Waals surface area (Å²) >= 11 is 2.42. The lowest BCUT2D eigenvalue weighted by Gasteiger charge is -2.08.